The molecule has 4 amide bonds. The summed E-state index contributed by atoms with van der Waals surface area (Å²) in [5.41, 5.74) is 2.91. The summed E-state index contributed by atoms with van der Waals surface area (Å²) in [6.45, 7) is 10.2. The van der Waals surface area contributed by atoms with E-state index in [0.717, 1.165) is 11.1 Å². The maximum absolute atomic E-state index is 13.5. The van der Waals surface area contributed by atoms with Gasteiger partial charge in [-0.2, -0.15) is 15.8 Å². The van der Waals surface area contributed by atoms with E-state index in [1.807, 2.05) is 71.9 Å². The van der Waals surface area contributed by atoms with Crippen LogP contribution in [-0.4, -0.2) is 118 Å². The molecule has 4 saturated heterocycles. The number of halogens is 4. The zero-order valence-corrected chi connectivity index (χ0v) is 44.0. The number of carbonyl (C=O) groups is 4. The SMILES string of the molecule is CC(Oc1ccc(C#N)cn1)C1CN(C(=O)C2CCN(C(=O)CC#N)CC2)CC1c1ccc(Cl)c(Cl)c1.CCC(=O)N1CCC(C(=O)N2CC(c3ccc(Cl)c(Cl)c3)C(C(C)Oc3ccc(C#N)cn3)C2)CC1. The van der Waals surface area contributed by atoms with E-state index in [4.69, 9.17) is 71.7 Å². The van der Waals surface area contributed by atoms with Crippen LogP contribution in [0.5, 0.6) is 11.8 Å². The van der Waals surface area contributed by atoms with Gasteiger partial charge in [0.25, 0.3) is 0 Å². The predicted octanol–water partition coefficient (Wildman–Crippen LogP) is 9.34. The molecule has 0 aliphatic carbocycles. The number of ether oxygens (including phenoxy) is 2. The van der Waals surface area contributed by atoms with E-state index in [9.17, 15) is 19.2 Å². The molecule has 73 heavy (non-hydrogen) atoms. The van der Waals surface area contributed by atoms with Crippen LogP contribution in [0, 0.1) is 57.7 Å². The summed E-state index contributed by atoms with van der Waals surface area (Å²) in [6, 6.07) is 23.8. The Kier molecular flexibility index (Phi) is 18.8. The molecular weight excluding hydrogens is 1010 g/mol. The van der Waals surface area contributed by atoms with Crippen molar-refractivity contribution in [1.82, 2.24) is 29.6 Å². The van der Waals surface area contributed by atoms with Crippen molar-refractivity contribution in [2.75, 3.05) is 52.4 Å². The molecular formula is C54H57Cl4N9O6. The van der Waals surface area contributed by atoms with Gasteiger partial charge in [-0.25, -0.2) is 9.97 Å². The zero-order chi connectivity index (χ0) is 52.3. The Balaban J connectivity index is 0.000000214. The number of likely N-dealkylation sites (tertiary alicyclic amines) is 4. The van der Waals surface area contributed by atoms with Gasteiger partial charge in [-0.15, -0.1) is 0 Å². The second-order valence-electron chi connectivity index (χ2n) is 19.0. The quantitative estimate of drug-likeness (QED) is 0.131. The molecule has 4 fully saturated rings. The van der Waals surface area contributed by atoms with Crippen LogP contribution in [0.2, 0.25) is 20.1 Å². The van der Waals surface area contributed by atoms with Crippen molar-refractivity contribution < 1.29 is 28.7 Å². The van der Waals surface area contributed by atoms with Gasteiger partial charge >= 0.3 is 0 Å². The lowest BCUT2D eigenvalue weighted by molar-refractivity contribution is -0.140. The molecule has 19 heteroatoms. The molecule has 4 aliphatic heterocycles. The number of carbonyl (C=O) groups excluding carboxylic acids is 4. The van der Waals surface area contributed by atoms with E-state index in [0.29, 0.717) is 127 Å². The molecule has 0 spiro atoms. The van der Waals surface area contributed by atoms with Crippen molar-refractivity contribution in [3.05, 3.63) is 115 Å². The highest BCUT2D eigenvalue weighted by Crippen LogP contribution is 2.41. The van der Waals surface area contributed by atoms with E-state index in [-0.39, 0.29) is 77.8 Å². The number of amides is 4. The summed E-state index contributed by atoms with van der Waals surface area (Å²) >= 11 is 25.0. The van der Waals surface area contributed by atoms with Crippen LogP contribution in [0.4, 0.5) is 0 Å². The molecule has 4 aliphatic rings. The van der Waals surface area contributed by atoms with Crippen LogP contribution in [-0.2, 0) is 19.2 Å². The third-order valence-electron chi connectivity index (χ3n) is 14.6. The van der Waals surface area contributed by atoms with Gasteiger partial charge in [0.15, 0.2) is 0 Å². The predicted molar refractivity (Wildman–Crippen MR) is 276 cm³/mol. The molecule has 0 saturated carbocycles. The Bertz CT molecular complexity index is 2750. The van der Waals surface area contributed by atoms with E-state index in [1.54, 1.807) is 41.3 Å². The Morgan fingerprint density at radius 2 is 1.00 bits per heavy atom. The largest absolute Gasteiger partial charge is 0.474 e. The van der Waals surface area contributed by atoms with Crippen molar-refractivity contribution in [3.8, 4) is 30.0 Å². The summed E-state index contributed by atoms with van der Waals surface area (Å²) in [7, 11) is 0. The van der Waals surface area contributed by atoms with Gasteiger partial charge in [-0.05, 0) is 87.1 Å². The van der Waals surface area contributed by atoms with Gasteiger partial charge in [0, 0.05) is 119 Å². The molecule has 8 rings (SSSR count). The molecule has 6 atom stereocenters. The first-order valence-corrected chi connectivity index (χ1v) is 26.1. The number of benzene rings is 2. The van der Waals surface area contributed by atoms with Gasteiger partial charge in [-0.1, -0.05) is 65.5 Å². The number of hydrogen-bond donors (Lipinski definition) is 0. The van der Waals surface area contributed by atoms with Crippen molar-refractivity contribution in [1.29, 1.82) is 15.8 Å². The Morgan fingerprint density at radius 1 is 0.589 bits per heavy atom. The summed E-state index contributed by atoms with van der Waals surface area (Å²) < 4.78 is 12.3. The van der Waals surface area contributed by atoms with E-state index >= 15 is 0 Å². The topological polar surface area (TPSA) is 197 Å². The number of piperidine rings is 2. The number of nitrogens with zero attached hydrogens (tertiary/aromatic N) is 9. The number of pyridine rings is 2. The summed E-state index contributed by atoms with van der Waals surface area (Å²) in [5.74, 6) is 0.723. The molecule has 6 heterocycles. The Hall–Kier alpha value is -6.15. The smallest absolute Gasteiger partial charge is 0.236 e. The molecule has 0 N–H and O–H groups in total. The van der Waals surface area contributed by atoms with Gasteiger partial charge in [0.2, 0.25) is 35.4 Å². The standard InChI is InChI=1S/C27H27Cl2N5O3.C27H30Cl2N4O3/c1-17(37-25-5-2-18(13-31)14-32-25)21-15-34(16-22(21)20-3-4-23(28)24(29)12-20)27(36)19-7-10-33(11-8-19)26(35)6-9-30;1-3-26(34)32-10-8-19(9-11-32)27(35)33-15-21(17(2)36-25-7-4-18(13-30)14-31-25)22(16-33)20-5-6-23(28)24(29)12-20/h2-5,12,14,17,19,21-22H,6-8,10-11,15-16H2,1H3;4-7,12,14,17,19,21-22H,3,8-11,15-16H2,1-2H3. The summed E-state index contributed by atoms with van der Waals surface area (Å²) in [6.07, 6.45) is 5.32. The first kappa shape index (κ1) is 54.6. The van der Waals surface area contributed by atoms with Gasteiger partial charge in [0.1, 0.15) is 30.8 Å². The highest BCUT2D eigenvalue weighted by Gasteiger charge is 2.44. The fourth-order valence-electron chi connectivity index (χ4n) is 10.4. The second-order valence-corrected chi connectivity index (χ2v) is 20.6. The highest BCUT2D eigenvalue weighted by molar-refractivity contribution is 6.42. The van der Waals surface area contributed by atoms with Crippen LogP contribution in [0.1, 0.15) is 93.4 Å². The number of aromatic nitrogens is 2. The second kappa shape index (κ2) is 25.2. The average molecular weight is 1070 g/mol. The average Bonchev–Trinajstić information content (AvgIpc) is 4.07. The minimum Gasteiger partial charge on any atom is -0.474 e. The Labute approximate surface area is 446 Å². The molecule has 2 aromatic carbocycles. The third-order valence-corrected chi connectivity index (χ3v) is 16.1. The lowest BCUT2D eigenvalue weighted by Gasteiger charge is -2.33. The molecule has 0 radical (unpaired) electrons. The molecule has 382 valence electrons. The van der Waals surface area contributed by atoms with Crippen molar-refractivity contribution in [3.63, 3.8) is 0 Å². The minimum atomic E-state index is -0.275. The van der Waals surface area contributed by atoms with Gasteiger partial charge in [0.05, 0.1) is 37.3 Å². The van der Waals surface area contributed by atoms with E-state index < -0.39 is 0 Å². The van der Waals surface area contributed by atoms with Crippen molar-refractivity contribution >= 4 is 70.0 Å². The monoisotopic (exact) mass is 1070 g/mol. The lowest BCUT2D eigenvalue weighted by Crippen LogP contribution is -2.44. The van der Waals surface area contributed by atoms with Crippen LogP contribution in [0.25, 0.3) is 0 Å². The first-order valence-electron chi connectivity index (χ1n) is 24.6. The minimum absolute atomic E-state index is 0.00499. The van der Waals surface area contributed by atoms with Gasteiger partial charge in [-0.3, -0.25) is 19.2 Å². The van der Waals surface area contributed by atoms with Crippen LogP contribution in [0.3, 0.4) is 0 Å². The van der Waals surface area contributed by atoms with Crippen molar-refractivity contribution in [2.45, 2.75) is 83.3 Å². The summed E-state index contributed by atoms with van der Waals surface area (Å²) in [5, 5.41) is 28.7. The van der Waals surface area contributed by atoms with Crippen LogP contribution < -0.4 is 9.47 Å². The number of rotatable bonds is 12. The van der Waals surface area contributed by atoms with E-state index in [2.05, 4.69) is 16.0 Å². The zero-order valence-electron chi connectivity index (χ0n) is 40.9. The summed E-state index contributed by atoms with van der Waals surface area (Å²) in [4.78, 5) is 67.0. The van der Waals surface area contributed by atoms with E-state index in [1.165, 1.54) is 12.4 Å². The lowest BCUT2D eigenvalue weighted by atomic mass is 9.86. The maximum Gasteiger partial charge on any atom is 0.236 e. The number of hydrogen-bond acceptors (Lipinski definition) is 11. The van der Waals surface area contributed by atoms with Crippen LogP contribution in [0.15, 0.2) is 73.1 Å². The maximum atomic E-state index is 13.5. The fraction of sp³-hybridized carbons (Fsp3) is 0.463. The highest BCUT2D eigenvalue weighted by atomic mass is 35.5. The molecule has 15 nitrogen and oxygen atoms in total. The Morgan fingerprint density at radius 3 is 1.34 bits per heavy atom. The first-order chi connectivity index (χ1) is 35.1. The normalized spacial score (nSPS) is 20.9. The third kappa shape index (κ3) is 13.5. The van der Waals surface area contributed by atoms with Gasteiger partial charge < -0.3 is 29.1 Å². The number of nitriles is 3. The molecule has 2 aromatic heterocycles. The fourth-order valence-corrected chi connectivity index (χ4v) is 11.0. The van der Waals surface area contributed by atoms with Crippen LogP contribution >= 0.6 is 46.4 Å². The van der Waals surface area contributed by atoms with Crippen molar-refractivity contribution in [2.24, 2.45) is 23.7 Å². The molecule has 0 bridgehead atoms. The molecule has 4 aromatic rings. The molecule has 6 unspecified atom stereocenters.